The molecule has 2 N–H and O–H groups in total. The predicted octanol–water partition coefficient (Wildman–Crippen LogP) is 3.27. The highest BCUT2D eigenvalue weighted by Crippen LogP contribution is 2.37. The van der Waals surface area contributed by atoms with Crippen LogP contribution in [0.4, 0.5) is 0 Å². The number of aromatic hydroxyl groups is 1. The van der Waals surface area contributed by atoms with Crippen molar-refractivity contribution in [3.63, 3.8) is 0 Å². The summed E-state index contributed by atoms with van der Waals surface area (Å²) in [4.78, 5) is 27.4. The Balaban J connectivity index is 2.57. The molecule has 1 aromatic carbocycles. The van der Waals surface area contributed by atoms with Crippen LogP contribution in [-0.4, -0.2) is 35.9 Å². The van der Waals surface area contributed by atoms with Crippen molar-refractivity contribution in [3.8, 4) is 17.2 Å². The molecule has 0 saturated heterocycles. The lowest BCUT2D eigenvalue weighted by Gasteiger charge is -2.20. The van der Waals surface area contributed by atoms with Crippen molar-refractivity contribution >= 4 is 5.97 Å². The van der Waals surface area contributed by atoms with Gasteiger partial charge in [0.1, 0.15) is 5.75 Å². The average Bonchev–Trinajstić information content (AvgIpc) is 2.60. The third-order valence-electron chi connectivity index (χ3n) is 4.16. The first-order valence-electron chi connectivity index (χ1n) is 9.19. The van der Waals surface area contributed by atoms with Crippen LogP contribution in [0.2, 0.25) is 0 Å². The molecule has 0 radical (unpaired) electrons. The van der Waals surface area contributed by atoms with Crippen molar-refractivity contribution in [2.75, 3.05) is 13.7 Å². The standard InChI is InChI=1S/C21H27NO6/c1-6-27-19(24)11-15(20-16(23)9-13(4)22-21(20)25)14-7-8-17(28-12(2)3)18(10-14)26-5/h7-10,12,15H,6,11H2,1-5H3,(H2,22,23,25). The summed E-state index contributed by atoms with van der Waals surface area (Å²) < 4.78 is 16.2. The number of esters is 1. The zero-order valence-electron chi connectivity index (χ0n) is 16.9. The summed E-state index contributed by atoms with van der Waals surface area (Å²) in [5.41, 5.74) is 0.816. The Bertz CT molecular complexity index is 887. The molecule has 0 amide bonds. The van der Waals surface area contributed by atoms with Gasteiger partial charge in [0.05, 0.1) is 31.8 Å². The fourth-order valence-corrected chi connectivity index (χ4v) is 3.04. The topological polar surface area (TPSA) is 97.8 Å². The van der Waals surface area contributed by atoms with E-state index in [0.29, 0.717) is 22.8 Å². The van der Waals surface area contributed by atoms with Crippen molar-refractivity contribution in [1.29, 1.82) is 0 Å². The van der Waals surface area contributed by atoms with Gasteiger partial charge in [0.25, 0.3) is 5.56 Å². The van der Waals surface area contributed by atoms with Gasteiger partial charge in [0, 0.05) is 11.6 Å². The lowest BCUT2D eigenvalue weighted by Crippen LogP contribution is -2.21. The fourth-order valence-electron chi connectivity index (χ4n) is 3.04. The Hall–Kier alpha value is -2.96. The van der Waals surface area contributed by atoms with Crippen LogP contribution in [0.25, 0.3) is 0 Å². The van der Waals surface area contributed by atoms with Crippen LogP contribution < -0.4 is 15.0 Å². The van der Waals surface area contributed by atoms with E-state index in [1.165, 1.54) is 13.2 Å². The Kier molecular flexibility index (Phi) is 7.09. The highest BCUT2D eigenvalue weighted by molar-refractivity contribution is 5.72. The zero-order valence-corrected chi connectivity index (χ0v) is 16.9. The van der Waals surface area contributed by atoms with Gasteiger partial charge in [-0.2, -0.15) is 0 Å². The van der Waals surface area contributed by atoms with E-state index in [-0.39, 0.29) is 30.4 Å². The van der Waals surface area contributed by atoms with Crippen molar-refractivity contribution in [2.24, 2.45) is 0 Å². The molecule has 1 aromatic heterocycles. The van der Waals surface area contributed by atoms with Gasteiger partial charge in [-0.3, -0.25) is 9.59 Å². The Labute approximate surface area is 164 Å². The minimum atomic E-state index is -0.703. The van der Waals surface area contributed by atoms with Gasteiger partial charge in [-0.15, -0.1) is 0 Å². The molecule has 0 aliphatic carbocycles. The highest BCUT2D eigenvalue weighted by Gasteiger charge is 2.26. The van der Waals surface area contributed by atoms with Gasteiger partial charge in [0.2, 0.25) is 0 Å². The maximum Gasteiger partial charge on any atom is 0.306 e. The number of methoxy groups -OCH3 is 1. The number of hydrogen-bond acceptors (Lipinski definition) is 6. The molecule has 1 heterocycles. The number of nitrogens with one attached hydrogen (secondary N) is 1. The van der Waals surface area contributed by atoms with Crippen LogP contribution >= 0.6 is 0 Å². The van der Waals surface area contributed by atoms with Gasteiger partial charge in [0.15, 0.2) is 11.5 Å². The quantitative estimate of drug-likeness (QED) is 0.673. The SMILES string of the molecule is CCOC(=O)CC(c1ccc(OC(C)C)c(OC)c1)c1c(O)cc(C)[nH]c1=O. The number of benzene rings is 1. The number of pyridine rings is 1. The third kappa shape index (κ3) is 5.06. The first-order valence-corrected chi connectivity index (χ1v) is 9.19. The van der Waals surface area contributed by atoms with Gasteiger partial charge < -0.3 is 24.3 Å². The predicted molar refractivity (Wildman–Crippen MR) is 105 cm³/mol. The molecule has 0 aliphatic rings. The molecule has 2 rings (SSSR count). The molecular formula is C21H27NO6. The monoisotopic (exact) mass is 389 g/mol. The highest BCUT2D eigenvalue weighted by atomic mass is 16.5. The molecule has 2 aromatic rings. The van der Waals surface area contributed by atoms with Gasteiger partial charge in [-0.25, -0.2) is 0 Å². The number of rotatable bonds is 8. The summed E-state index contributed by atoms with van der Waals surface area (Å²) in [6.07, 6.45) is -0.139. The van der Waals surface area contributed by atoms with Crippen LogP contribution in [0, 0.1) is 6.92 Å². The molecule has 152 valence electrons. The number of carbonyl (C=O) groups excluding carboxylic acids is 1. The number of ether oxygens (including phenoxy) is 3. The van der Waals surface area contributed by atoms with E-state index in [4.69, 9.17) is 14.2 Å². The molecule has 28 heavy (non-hydrogen) atoms. The summed E-state index contributed by atoms with van der Waals surface area (Å²) in [6.45, 7) is 7.42. The lowest BCUT2D eigenvalue weighted by molar-refractivity contribution is -0.143. The molecule has 0 bridgehead atoms. The van der Waals surface area contributed by atoms with E-state index in [2.05, 4.69) is 4.98 Å². The molecule has 0 spiro atoms. The van der Waals surface area contributed by atoms with Gasteiger partial charge >= 0.3 is 5.97 Å². The van der Waals surface area contributed by atoms with E-state index in [0.717, 1.165) is 0 Å². The largest absolute Gasteiger partial charge is 0.507 e. The molecule has 1 atom stereocenters. The zero-order chi connectivity index (χ0) is 20.8. The van der Waals surface area contributed by atoms with Crippen molar-refractivity contribution < 1.29 is 24.1 Å². The van der Waals surface area contributed by atoms with Gasteiger partial charge in [-0.1, -0.05) is 6.07 Å². The maximum atomic E-state index is 12.6. The molecule has 0 aliphatic heterocycles. The smallest absolute Gasteiger partial charge is 0.306 e. The second-order valence-corrected chi connectivity index (χ2v) is 6.72. The second-order valence-electron chi connectivity index (χ2n) is 6.72. The Morgan fingerprint density at radius 2 is 1.93 bits per heavy atom. The number of aryl methyl sites for hydroxylation is 1. The number of H-pyrrole nitrogens is 1. The van der Waals surface area contributed by atoms with E-state index < -0.39 is 17.4 Å². The molecule has 0 saturated carbocycles. The number of aromatic amines is 1. The summed E-state index contributed by atoms with van der Waals surface area (Å²) in [5, 5.41) is 10.4. The molecule has 1 unspecified atom stereocenters. The number of aromatic nitrogens is 1. The maximum absolute atomic E-state index is 12.6. The first kappa shape index (κ1) is 21.3. The van der Waals surface area contributed by atoms with Crippen LogP contribution in [0.5, 0.6) is 17.2 Å². The average molecular weight is 389 g/mol. The van der Waals surface area contributed by atoms with Gasteiger partial charge in [-0.05, 0) is 51.5 Å². The van der Waals surface area contributed by atoms with Crippen molar-refractivity contribution in [1.82, 2.24) is 4.98 Å². The Morgan fingerprint density at radius 1 is 1.21 bits per heavy atom. The van der Waals surface area contributed by atoms with Crippen LogP contribution in [0.1, 0.15) is 49.9 Å². The summed E-state index contributed by atoms with van der Waals surface area (Å²) in [5.74, 6) is -0.308. The molecule has 7 heteroatoms. The van der Waals surface area contributed by atoms with E-state index >= 15 is 0 Å². The summed E-state index contributed by atoms with van der Waals surface area (Å²) in [7, 11) is 1.52. The minimum absolute atomic E-state index is 0.0425. The van der Waals surface area contributed by atoms with E-state index in [9.17, 15) is 14.7 Å². The van der Waals surface area contributed by atoms with Crippen molar-refractivity contribution in [2.45, 2.75) is 46.1 Å². The normalized spacial score (nSPS) is 11.9. The third-order valence-corrected chi connectivity index (χ3v) is 4.16. The minimum Gasteiger partial charge on any atom is -0.507 e. The lowest BCUT2D eigenvalue weighted by atomic mass is 9.88. The Morgan fingerprint density at radius 3 is 2.50 bits per heavy atom. The van der Waals surface area contributed by atoms with Crippen LogP contribution in [0.3, 0.4) is 0 Å². The molecule has 0 fully saturated rings. The first-order chi connectivity index (χ1) is 13.3. The molecule has 7 nitrogen and oxygen atoms in total. The molecular weight excluding hydrogens is 362 g/mol. The number of carbonyl (C=O) groups is 1. The van der Waals surface area contributed by atoms with Crippen LogP contribution in [-0.2, 0) is 9.53 Å². The van der Waals surface area contributed by atoms with Crippen molar-refractivity contribution in [3.05, 3.63) is 51.4 Å². The second kappa shape index (κ2) is 9.30. The summed E-state index contributed by atoms with van der Waals surface area (Å²) >= 11 is 0. The number of hydrogen-bond donors (Lipinski definition) is 2. The van der Waals surface area contributed by atoms with E-state index in [1.54, 1.807) is 32.0 Å². The summed E-state index contributed by atoms with van der Waals surface area (Å²) in [6, 6.07) is 6.65. The van der Waals surface area contributed by atoms with E-state index in [1.807, 2.05) is 13.8 Å². The fraction of sp³-hybridized carbons (Fsp3) is 0.429. The van der Waals surface area contributed by atoms with Crippen LogP contribution in [0.15, 0.2) is 29.1 Å².